The van der Waals surface area contributed by atoms with E-state index in [2.05, 4.69) is 157 Å². The SMILES string of the molecule is CCCCCCCCC(C(C)(C)C)C(C)(C)OCCC(C)(C)c1cn(C(c2ccccc2)(c2ccccc2)c2ccccc2)cn1. The summed E-state index contributed by atoms with van der Waals surface area (Å²) in [5.41, 5.74) is 3.99. The van der Waals surface area contributed by atoms with E-state index < -0.39 is 5.54 Å². The molecule has 1 aromatic heterocycles. The molecule has 1 heterocycles. The van der Waals surface area contributed by atoms with Crippen molar-refractivity contribution in [1.29, 1.82) is 0 Å². The van der Waals surface area contributed by atoms with Crippen LogP contribution in [0.5, 0.6) is 0 Å². The summed E-state index contributed by atoms with van der Waals surface area (Å²) in [7, 11) is 0. The van der Waals surface area contributed by atoms with E-state index in [0.717, 1.165) is 12.1 Å². The molecular weight excluding hydrogens is 560 g/mol. The van der Waals surface area contributed by atoms with Crippen molar-refractivity contribution in [2.24, 2.45) is 11.3 Å². The van der Waals surface area contributed by atoms with Gasteiger partial charge < -0.3 is 9.30 Å². The van der Waals surface area contributed by atoms with Crippen molar-refractivity contribution in [3.63, 3.8) is 0 Å². The van der Waals surface area contributed by atoms with Crippen molar-refractivity contribution in [1.82, 2.24) is 9.55 Å². The van der Waals surface area contributed by atoms with Crippen LogP contribution in [0.1, 0.15) is 129 Å². The van der Waals surface area contributed by atoms with Crippen molar-refractivity contribution >= 4 is 0 Å². The number of nitrogens with zero attached hydrogens (tertiary/aromatic N) is 2. The maximum absolute atomic E-state index is 6.82. The lowest BCUT2D eigenvalue weighted by Gasteiger charge is -2.43. The van der Waals surface area contributed by atoms with E-state index in [4.69, 9.17) is 9.72 Å². The number of hydrogen-bond donors (Lipinski definition) is 0. The molecule has 0 radical (unpaired) electrons. The molecule has 46 heavy (non-hydrogen) atoms. The Bertz CT molecular complexity index is 1330. The van der Waals surface area contributed by atoms with Crippen LogP contribution in [0.3, 0.4) is 0 Å². The molecule has 3 aromatic carbocycles. The molecule has 0 aliphatic heterocycles. The zero-order chi connectivity index (χ0) is 33.3. The van der Waals surface area contributed by atoms with Gasteiger partial charge >= 0.3 is 0 Å². The minimum Gasteiger partial charge on any atom is -0.375 e. The lowest BCUT2D eigenvalue weighted by atomic mass is 9.69. The summed E-state index contributed by atoms with van der Waals surface area (Å²) >= 11 is 0. The molecule has 4 aromatic rings. The topological polar surface area (TPSA) is 27.1 Å². The minimum absolute atomic E-state index is 0.159. The Morgan fingerprint density at radius 2 is 1.13 bits per heavy atom. The second kappa shape index (κ2) is 15.6. The average molecular weight is 621 g/mol. The van der Waals surface area contributed by atoms with Gasteiger partial charge in [-0.25, -0.2) is 4.98 Å². The number of rotatable bonds is 17. The maximum atomic E-state index is 6.82. The molecule has 0 spiro atoms. The van der Waals surface area contributed by atoms with Gasteiger partial charge in [0.05, 0.1) is 17.6 Å². The summed E-state index contributed by atoms with van der Waals surface area (Å²) in [6.45, 7) is 19.4. The molecule has 0 saturated heterocycles. The first-order chi connectivity index (χ1) is 21.9. The summed E-state index contributed by atoms with van der Waals surface area (Å²) < 4.78 is 9.14. The van der Waals surface area contributed by atoms with E-state index in [0.29, 0.717) is 12.5 Å². The second-order valence-electron chi connectivity index (χ2n) is 15.5. The van der Waals surface area contributed by atoms with Gasteiger partial charge in [-0.2, -0.15) is 0 Å². The zero-order valence-corrected chi connectivity index (χ0v) is 30.1. The average Bonchev–Trinajstić information content (AvgIpc) is 3.53. The van der Waals surface area contributed by atoms with E-state index in [1.54, 1.807) is 0 Å². The van der Waals surface area contributed by atoms with E-state index >= 15 is 0 Å². The molecule has 248 valence electrons. The lowest BCUT2D eigenvalue weighted by molar-refractivity contribution is -0.0988. The predicted molar refractivity (Wildman–Crippen MR) is 195 cm³/mol. The Kier molecular flexibility index (Phi) is 12.1. The third-order valence-electron chi connectivity index (χ3n) is 10.2. The quantitative estimate of drug-likeness (QED) is 0.0867. The molecule has 0 N–H and O–H groups in total. The number of imidazole rings is 1. The highest BCUT2D eigenvalue weighted by Crippen LogP contribution is 2.43. The Morgan fingerprint density at radius 1 is 0.652 bits per heavy atom. The van der Waals surface area contributed by atoms with Crippen LogP contribution >= 0.6 is 0 Å². The van der Waals surface area contributed by atoms with E-state index in [1.165, 1.54) is 61.6 Å². The van der Waals surface area contributed by atoms with Crippen molar-refractivity contribution in [3.05, 3.63) is 126 Å². The highest BCUT2D eigenvalue weighted by molar-refractivity contribution is 5.50. The van der Waals surface area contributed by atoms with Gasteiger partial charge in [0.2, 0.25) is 0 Å². The Hall–Kier alpha value is -3.17. The van der Waals surface area contributed by atoms with Crippen molar-refractivity contribution in [2.45, 2.75) is 123 Å². The third-order valence-corrected chi connectivity index (χ3v) is 10.2. The van der Waals surface area contributed by atoms with Crippen molar-refractivity contribution in [2.75, 3.05) is 6.61 Å². The van der Waals surface area contributed by atoms with Crippen LogP contribution < -0.4 is 0 Å². The Balaban J connectivity index is 1.57. The Morgan fingerprint density at radius 3 is 1.61 bits per heavy atom. The monoisotopic (exact) mass is 620 g/mol. The van der Waals surface area contributed by atoms with Gasteiger partial charge in [-0.1, -0.05) is 171 Å². The number of unbranched alkanes of at least 4 members (excludes halogenated alkanes) is 5. The second-order valence-corrected chi connectivity index (χ2v) is 15.5. The fraction of sp³-hybridized carbons (Fsp3) is 0.512. The van der Waals surface area contributed by atoms with Gasteiger partial charge in [0.25, 0.3) is 0 Å². The highest BCUT2D eigenvalue weighted by Gasteiger charge is 2.41. The van der Waals surface area contributed by atoms with Crippen LogP contribution in [-0.2, 0) is 15.7 Å². The van der Waals surface area contributed by atoms with Gasteiger partial charge in [0.15, 0.2) is 0 Å². The van der Waals surface area contributed by atoms with Gasteiger partial charge in [0.1, 0.15) is 5.54 Å². The zero-order valence-electron chi connectivity index (χ0n) is 30.1. The molecule has 0 aliphatic carbocycles. The smallest absolute Gasteiger partial charge is 0.121 e. The fourth-order valence-electron chi connectivity index (χ4n) is 7.59. The van der Waals surface area contributed by atoms with Crippen molar-refractivity contribution in [3.8, 4) is 0 Å². The van der Waals surface area contributed by atoms with Crippen molar-refractivity contribution < 1.29 is 4.74 Å². The first-order valence-electron chi connectivity index (χ1n) is 17.8. The van der Waals surface area contributed by atoms with Gasteiger partial charge in [0, 0.05) is 18.2 Å². The summed E-state index contributed by atoms with van der Waals surface area (Å²) in [6.07, 6.45) is 14.4. The van der Waals surface area contributed by atoms with Crippen LogP contribution in [0.25, 0.3) is 0 Å². The number of aromatic nitrogens is 2. The summed E-state index contributed by atoms with van der Waals surface area (Å²) in [5.74, 6) is 0.497. The van der Waals surface area contributed by atoms with E-state index in [-0.39, 0.29) is 16.4 Å². The molecule has 1 atom stereocenters. The largest absolute Gasteiger partial charge is 0.375 e. The minimum atomic E-state index is -0.555. The van der Waals surface area contributed by atoms with Gasteiger partial charge in [-0.3, -0.25) is 0 Å². The first kappa shape index (κ1) is 35.7. The predicted octanol–water partition coefficient (Wildman–Crippen LogP) is 11.6. The Labute approximate surface area is 280 Å². The first-order valence-corrected chi connectivity index (χ1v) is 17.8. The molecule has 0 bridgehead atoms. The molecule has 0 aliphatic rings. The summed E-state index contributed by atoms with van der Waals surface area (Å²) in [4.78, 5) is 5.10. The normalized spacial score (nSPS) is 13.6. The molecule has 0 amide bonds. The third kappa shape index (κ3) is 8.40. The molecule has 3 nitrogen and oxygen atoms in total. The van der Waals surface area contributed by atoms with E-state index in [9.17, 15) is 0 Å². The van der Waals surface area contributed by atoms with Crippen LogP contribution in [-0.4, -0.2) is 21.8 Å². The van der Waals surface area contributed by atoms with Gasteiger partial charge in [-0.15, -0.1) is 0 Å². The number of ether oxygens (including phenoxy) is 1. The highest BCUT2D eigenvalue weighted by atomic mass is 16.5. The summed E-state index contributed by atoms with van der Waals surface area (Å²) in [5, 5.41) is 0. The van der Waals surface area contributed by atoms with Crippen LogP contribution in [0, 0.1) is 11.3 Å². The van der Waals surface area contributed by atoms with Crippen LogP contribution in [0.2, 0.25) is 0 Å². The summed E-state index contributed by atoms with van der Waals surface area (Å²) in [6, 6.07) is 32.5. The molecular formula is C43H60N2O. The number of benzene rings is 3. The molecule has 0 saturated carbocycles. The fourth-order valence-corrected chi connectivity index (χ4v) is 7.59. The van der Waals surface area contributed by atoms with Crippen LogP contribution in [0.4, 0.5) is 0 Å². The maximum Gasteiger partial charge on any atom is 0.121 e. The molecule has 1 unspecified atom stereocenters. The lowest BCUT2D eigenvalue weighted by Crippen LogP contribution is -2.43. The number of hydrogen-bond acceptors (Lipinski definition) is 2. The van der Waals surface area contributed by atoms with Gasteiger partial charge in [-0.05, 0) is 54.7 Å². The van der Waals surface area contributed by atoms with Crippen LogP contribution in [0.15, 0.2) is 104 Å². The molecule has 0 fully saturated rings. The molecule has 4 rings (SSSR count). The standard InChI is InChI=1S/C43H60N2O/c1-9-10-11-12-13-23-30-38(40(2,3)4)42(7,8)46-32-31-41(5,6)39-33-45(34-44-39)43(35-24-17-14-18-25-35,36-26-19-15-20-27-36)37-28-21-16-22-29-37/h14-22,24-29,33-34,38H,9-13,23,30-32H2,1-8H3. The molecule has 3 heteroatoms. The van der Waals surface area contributed by atoms with E-state index in [1.807, 2.05) is 6.33 Å².